The van der Waals surface area contributed by atoms with Gasteiger partial charge in [0.15, 0.2) is 0 Å². The number of methoxy groups -OCH3 is 1. The highest BCUT2D eigenvalue weighted by molar-refractivity contribution is 5.17. The van der Waals surface area contributed by atoms with Crippen molar-refractivity contribution in [3.8, 4) is 5.88 Å². The second-order valence-electron chi connectivity index (χ2n) is 5.48. The zero-order valence-electron chi connectivity index (χ0n) is 12.6. The van der Waals surface area contributed by atoms with Crippen molar-refractivity contribution in [3.63, 3.8) is 0 Å². The summed E-state index contributed by atoms with van der Waals surface area (Å²) in [6, 6.07) is 3.96. The van der Waals surface area contributed by atoms with Crippen LogP contribution in [0.5, 0.6) is 5.88 Å². The molecule has 0 aliphatic carbocycles. The lowest BCUT2D eigenvalue weighted by Gasteiger charge is -2.06. The first-order chi connectivity index (χ1) is 9.22. The molecule has 0 saturated heterocycles. The summed E-state index contributed by atoms with van der Waals surface area (Å²) in [5.41, 5.74) is 1.21. The van der Waals surface area contributed by atoms with E-state index in [9.17, 15) is 0 Å². The van der Waals surface area contributed by atoms with Gasteiger partial charge in [-0.2, -0.15) is 0 Å². The average Bonchev–Trinajstić information content (AvgIpc) is 2.42. The van der Waals surface area contributed by atoms with Crippen LogP contribution in [-0.4, -0.2) is 18.6 Å². The quantitative estimate of drug-likeness (QED) is 0.653. The maximum Gasteiger partial charge on any atom is 0.212 e. The van der Waals surface area contributed by atoms with Gasteiger partial charge in [0.2, 0.25) is 5.88 Å². The fourth-order valence-corrected chi connectivity index (χ4v) is 2.03. The van der Waals surface area contributed by atoms with Crippen LogP contribution in [0.15, 0.2) is 18.3 Å². The summed E-state index contributed by atoms with van der Waals surface area (Å²) < 4.78 is 5.03. The van der Waals surface area contributed by atoms with E-state index in [1.54, 1.807) is 7.11 Å². The average molecular weight is 264 g/mol. The van der Waals surface area contributed by atoms with E-state index in [-0.39, 0.29) is 0 Å². The highest BCUT2D eigenvalue weighted by Crippen LogP contribution is 2.09. The number of unbranched alkanes of at least 4 members (excludes halogenated alkanes) is 3. The van der Waals surface area contributed by atoms with E-state index < -0.39 is 0 Å². The number of aromatic nitrogens is 1. The van der Waals surface area contributed by atoms with Crippen molar-refractivity contribution in [1.29, 1.82) is 0 Å². The topological polar surface area (TPSA) is 34.1 Å². The Bertz CT molecular complexity index is 322. The van der Waals surface area contributed by atoms with Crippen LogP contribution in [0.3, 0.4) is 0 Å². The maximum atomic E-state index is 5.03. The number of rotatable bonds is 10. The van der Waals surface area contributed by atoms with Crippen LogP contribution in [0.2, 0.25) is 0 Å². The summed E-state index contributed by atoms with van der Waals surface area (Å²) in [4.78, 5) is 4.19. The van der Waals surface area contributed by atoms with Crippen molar-refractivity contribution in [2.75, 3.05) is 13.7 Å². The zero-order valence-corrected chi connectivity index (χ0v) is 12.6. The summed E-state index contributed by atoms with van der Waals surface area (Å²) in [5, 5.41) is 3.46. The van der Waals surface area contributed by atoms with Crippen LogP contribution in [-0.2, 0) is 6.54 Å². The molecule has 0 aliphatic heterocycles. The molecule has 0 atom stereocenters. The summed E-state index contributed by atoms with van der Waals surface area (Å²) in [5.74, 6) is 1.52. The minimum atomic E-state index is 0.675. The number of hydrogen-bond donors (Lipinski definition) is 1. The van der Waals surface area contributed by atoms with E-state index in [0.717, 1.165) is 19.0 Å². The van der Waals surface area contributed by atoms with Crippen molar-refractivity contribution in [2.24, 2.45) is 5.92 Å². The summed E-state index contributed by atoms with van der Waals surface area (Å²) in [6.07, 6.45) is 8.58. The summed E-state index contributed by atoms with van der Waals surface area (Å²) in [6.45, 7) is 6.57. The first kappa shape index (κ1) is 16.0. The Morgan fingerprint density at radius 2 is 1.95 bits per heavy atom. The standard InChI is InChI=1S/C16H28N2O/c1-14(2)8-6-4-5-7-11-17-12-15-9-10-16(19-3)18-13-15/h9-10,13-14,17H,4-8,11-12H2,1-3H3. The van der Waals surface area contributed by atoms with Crippen molar-refractivity contribution in [1.82, 2.24) is 10.3 Å². The molecule has 0 spiro atoms. The van der Waals surface area contributed by atoms with Gasteiger partial charge >= 0.3 is 0 Å². The SMILES string of the molecule is COc1ccc(CNCCCCCCC(C)C)cn1. The van der Waals surface area contributed by atoms with Gasteiger partial charge in [-0.3, -0.25) is 0 Å². The van der Waals surface area contributed by atoms with Gasteiger partial charge in [-0.1, -0.05) is 45.6 Å². The minimum Gasteiger partial charge on any atom is -0.481 e. The predicted octanol–water partition coefficient (Wildman–Crippen LogP) is 3.79. The Labute approximate surface area is 117 Å². The van der Waals surface area contributed by atoms with Crippen LogP contribution < -0.4 is 10.1 Å². The summed E-state index contributed by atoms with van der Waals surface area (Å²) in [7, 11) is 1.64. The lowest BCUT2D eigenvalue weighted by atomic mass is 10.0. The highest BCUT2D eigenvalue weighted by Gasteiger charge is 1.96. The third kappa shape index (κ3) is 7.83. The molecule has 0 saturated carbocycles. The lowest BCUT2D eigenvalue weighted by Crippen LogP contribution is -2.14. The first-order valence-corrected chi connectivity index (χ1v) is 7.42. The molecule has 0 aromatic carbocycles. The van der Waals surface area contributed by atoms with Gasteiger partial charge in [-0.25, -0.2) is 4.98 Å². The van der Waals surface area contributed by atoms with E-state index in [4.69, 9.17) is 4.74 Å². The minimum absolute atomic E-state index is 0.675. The van der Waals surface area contributed by atoms with E-state index in [2.05, 4.69) is 30.2 Å². The van der Waals surface area contributed by atoms with Gasteiger partial charge in [-0.15, -0.1) is 0 Å². The maximum absolute atomic E-state index is 5.03. The number of ether oxygens (including phenoxy) is 1. The fraction of sp³-hybridized carbons (Fsp3) is 0.688. The van der Waals surface area contributed by atoms with Crippen LogP contribution in [0.4, 0.5) is 0 Å². The Balaban J connectivity index is 1.98. The smallest absolute Gasteiger partial charge is 0.212 e. The van der Waals surface area contributed by atoms with E-state index in [1.807, 2.05) is 12.3 Å². The lowest BCUT2D eigenvalue weighted by molar-refractivity contribution is 0.397. The fourth-order valence-electron chi connectivity index (χ4n) is 2.03. The third-order valence-electron chi connectivity index (χ3n) is 3.22. The molecule has 19 heavy (non-hydrogen) atoms. The molecule has 108 valence electrons. The number of nitrogens with zero attached hydrogens (tertiary/aromatic N) is 1. The Morgan fingerprint density at radius 1 is 1.16 bits per heavy atom. The van der Waals surface area contributed by atoms with Crippen molar-refractivity contribution in [3.05, 3.63) is 23.9 Å². The highest BCUT2D eigenvalue weighted by atomic mass is 16.5. The van der Waals surface area contributed by atoms with Gasteiger partial charge in [-0.05, 0) is 24.4 Å². The summed E-state index contributed by atoms with van der Waals surface area (Å²) >= 11 is 0. The number of pyridine rings is 1. The molecule has 1 aromatic heterocycles. The molecule has 3 nitrogen and oxygen atoms in total. The molecule has 3 heteroatoms. The molecule has 1 aromatic rings. The molecule has 0 radical (unpaired) electrons. The Hall–Kier alpha value is -1.09. The van der Waals surface area contributed by atoms with E-state index >= 15 is 0 Å². The Kier molecular flexibility index (Phi) is 8.23. The zero-order chi connectivity index (χ0) is 13.9. The second kappa shape index (κ2) is 9.79. The van der Waals surface area contributed by atoms with Crippen LogP contribution in [0.1, 0.15) is 51.5 Å². The molecule has 0 fully saturated rings. The largest absolute Gasteiger partial charge is 0.481 e. The number of hydrogen-bond acceptors (Lipinski definition) is 3. The predicted molar refractivity (Wildman–Crippen MR) is 80.4 cm³/mol. The first-order valence-electron chi connectivity index (χ1n) is 7.42. The Morgan fingerprint density at radius 3 is 2.58 bits per heavy atom. The number of nitrogens with one attached hydrogen (secondary N) is 1. The van der Waals surface area contributed by atoms with E-state index in [1.165, 1.54) is 37.7 Å². The molecule has 0 unspecified atom stereocenters. The normalized spacial score (nSPS) is 10.9. The molecule has 0 amide bonds. The molecule has 0 aliphatic rings. The monoisotopic (exact) mass is 264 g/mol. The van der Waals surface area contributed by atoms with Gasteiger partial charge in [0.25, 0.3) is 0 Å². The van der Waals surface area contributed by atoms with Gasteiger partial charge < -0.3 is 10.1 Å². The molecule has 1 heterocycles. The van der Waals surface area contributed by atoms with Gasteiger partial charge in [0.05, 0.1) is 7.11 Å². The van der Waals surface area contributed by atoms with Crippen LogP contribution in [0.25, 0.3) is 0 Å². The van der Waals surface area contributed by atoms with Gasteiger partial charge in [0, 0.05) is 18.8 Å². The third-order valence-corrected chi connectivity index (χ3v) is 3.22. The van der Waals surface area contributed by atoms with Crippen molar-refractivity contribution < 1.29 is 4.74 Å². The van der Waals surface area contributed by atoms with Crippen LogP contribution >= 0.6 is 0 Å². The van der Waals surface area contributed by atoms with Crippen molar-refractivity contribution >= 4 is 0 Å². The molecule has 0 bridgehead atoms. The molecule has 1 rings (SSSR count). The molecular weight excluding hydrogens is 236 g/mol. The van der Waals surface area contributed by atoms with E-state index in [0.29, 0.717) is 5.88 Å². The second-order valence-corrected chi connectivity index (χ2v) is 5.48. The van der Waals surface area contributed by atoms with Crippen LogP contribution in [0, 0.1) is 5.92 Å². The van der Waals surface area contributed by atoms with Gasteiger partial charge in [0.1, 0.15) is 0 Å². The van der Waals surface area contributed by atoms with Crippen molar-refractivity contribution in [2.45, 2.75) is 52.5 Å². The molecular formula is C16H28N2O. The molecule has 1 N–H and O–H groups in total.